The second-order valence-corrected chi connectivity index (χ2v) is 3.79. The molecule has 0 atom stereocenters. The lowest BCUT2D eigenvalue weighted by Crippen LogP contribution is -2.37. The van der Waals surface area contributed by atoms with Gasteiger partial charge >= 0.3 is 0 Å². The molecule has 0 amide bonds. The first kappa shape index (κ1) is 11.2. The highest BCUT2D eigenvalue weighted by atomic mass is 19.3. The number of aliphatic imine (C=N–C) groups is 1. The standard InChI is InChI=1S/C9H17F2N3/c1-13-8(12)14-6-7-2-4-9(10,11)5-3-7/h7H,2-6H2,1H3,(H3,12,13,14). The van der Waals surface area contributed by atoms with Crippen molar-refractivity contribution in [2.24, 2.45) is 16.6 Å². The number of nitrogens with zero attached hydrogens (tertiary/aromatic N) is 1. The Morgan fingerprint density at radius 1 is 1.50 bits per heavy atom. The molecule has 1 fully saturated rings. The maximum absolute atomic E-state index is 12.8. The summed E-state index contributed by atoms with van der Waals surface area (Å²) >= 11 is 0. The number of nitrogens with two attached hydrogens (primary N) is 1. The third-order valence-corrected chi connectivity index (χ3v) is 2.65. The van der Waals surface area contributed by atoms with E-state index < -0.39 is 5.92 Å². The van der Waals surface area contributed by atoms with Gasteiger partial charge < -0.3 is 11.1 Å². The lowest BCUT2D eigenvalue weighted by atomic mass is 9.87. The van der Waals surface area contributed by atoms with Gasteiger partial charge in [0.1, 0.15) is 0 Å². The molecule has 0 aromatic rings. The van der Waals surface area contributed by atoms with Crippen LogP contribution in [0.2, 0.25) is 0 Å². The molecule has 0 heterocycles. The van der Waals surface area contributed by atoms with Gasteiger partial charge in [-0.15, -0.1) is 0 Å². The van der Waals surface area contributed by atoms with Crippen molar-refractivity contribution in [1.82, 2.24) is 5.32 Å². The van der Waals surface area contributed by atoms with Crippen molar-refractivity contribution in [3.8, 4) is 0 Å². The molecule has 0 unspecified atom stereocenters. The molecule has 82 valence electrons. The topological polar surface area (TPSA) is 50.4 Å². The maximum atomic E-state index is 12.8. The Morgan fingerprint density at radius 2 is 2.07 bits per heavy atom. The van der Waals surface area contributed by atoms with Crippen LogP contribution in [0.1, 0.15) is 25.7 Å². The van der Waals surface area contributed by atoms with E-state index in [1.807, 2.05) is 0 Å². The van der Waals surface area contributed by atoms with Gasteiger partial charge in [-0.3, -0.25) is 4.99 Å². The van der Waals surface area contributed by atoms with Crippen LogP contribution in [0.4, 0.5) is 8.78 Å². The number of guanidine groups is 1. The molecule has 1 rings (SSSR count). The van der Waals surface area contributed by atoms with Gasteiger partial charge in [-0.1, -0.05) is 0 Å². The van der Waals surface area contributed by atoms with Crippen LogP contribution in [0.3, 0.4) is 0 Å². The van der Waals surface area contributed by atoms with Gasteiger partial charge in [0.15, 0.2) is 5.96 Å². The second kappa shape index (κ2) is 4.57. The molecule has 0 bridgehead atoms. The van der Waals surface area contributed by atoms with E-state index in [2.05, 4.69) is 10.3 Å². The van der Waals surface area contributed by atoms with Crippen molar-refractivity contribution in [2.45, 2.75) is 31.6 Å². The first-order valence-corrected chi connectivity index (χ1v) is 4.87. The van der Waals surface area contributed by atoms with Crippen LogP contribution in [-0.2, 0) is 0 Å². The Morgan fingerprint density at radius 3 is 2.57 bits per heavy atom. The zero-order valence-corrected chi connectivity index (χ0v) is 8.39. The predicted molar refractivity (Wildman–Crippen MR) is 52.5 cm³/mol. The van der Waals surface area contributed by atoms with Crippen LogP contribution in [-0.4, -0.2) is 25.5 Å². The molecule has 5 heteroatoms. The van der Waals surface area contributed by atoms with Crippen molar-refractivity contribution in [2.75, 3.05) is 13.6 Å². The lowest BCUT2D eigenvalue weighted by Gasteiger charge is -2.28. The fourth-order valence-corrected chi connectivity index (χ4v) is 1.63. The average molecular weight is 205 g/mol. The quantitative estimate of drug-likeness (QED) is 0.528. The molecule has 0 aromatic carbocycles. The normalized spacial score (nSPS) is 23.5. The first-order chi connectivity index (χ1) is 6.53. The summed E-state index contributed by atoms with van der Waals surface area (Å²) in [6, 6.07) is 0. The molecule has 1 saturated carbocycles. The molecule has 0 aromatic heterocycles. The van der Waals surface area contributed by atoms with E-state index in [0.717, 1.165) is 0 Å². The van der Waals surface area contributed by atoms with Crippen molar-refractivity contribution in [1.29, 1.82) is 0 Å². The fourth-order valence-electron chi connectivity index (χ4n) is 1.63. The van der Waals surface area contributed by atoms with Crippen molar-refractivity contribution < 1.29 is 8.78 Å². The van der Waals surface area contributed by atoms with E-state index in [0.29, 0.717) is 31.3 Å². The Hall–Kier alpha value is -0.870. The largest absolute Gasteiger partial charge is 0.370 e. The van der Waals surface area contributed by atoms with E-state index in [4.69, 9.17) is 5.73 Å². The van der Waals surface area contributed by atoms with Crippen LogP contribution in [0.5, 0.6) is 0 Å². The number of hydrogen-bond acceptors (Lipinski definition) is 1. The lowest BCUT2D eigenvalue weighted by molar-refractivity contribution is -0.0451. The first-order valence-electron chi connectivity index (χ1n) is 4.87. The molecular formula is C9H17F2N3. The third-order valence-electron chi connectivity index (χ3n) is 2.65. The second-order valence-electron chi connectivity index (χ2n) is 3.79. The summed E-state index contributed by atoms with van der Waals surface area (Å²) in [6.07, 6.45) is 1.14. The molecular weight excluding hydrogens is 188 g/mol. The van der Waals surface area contributed by atoms with Crippen LogP contribution in [0, 0.1) is 5.92 Å². The number of alkyl halides is 2. The number of halogens is 2. The predicted octanol–water partition coefficient (Wildman–Crippen LogP) is 1.35. The van der Waals surface area contributed by atoms with Crippen LogP contribution in [0.25, 0.3) is 0 Å². The van der Waals surface area contributed by atoms with E-state index in [9.17, 15) is 8.78 Å². The number of rotatable bonds is 2. The zero-order valence-electron chi connectivity index (χ0n) is 8.39. The van der Waals surface area contributed by atoms with Crippen LogP contribution in [0.15, 0.2) is 4.99 Å². The van der Waals surface area contributed by atoms with Gasteiger partial charge in [-0.2, -0.15) is 0 Å². The molecule has 3 nitrogen and oxygen atoms in total. The molecule has 1 aliphatic rings. The molecule has 3 N–H and O–H groups in total. The Bertz CT molecular complexity index is 206. The van der Waals surface area contributed by atoms with Gasteiger partial charge in [0, 0.05) is 26.4 Å². The zero-order chi connectivity index (χ0) is 10.6. The van der Waals surface area contributed by atoms with Crippen molar-refractivity contribution in [3.63, 3.8) is 0 Å². The van der Waals surface area contributed by atoms with E-state index in [-0.39, 0.29) is 12.8 Å². The molecule has 0 aliphatic heterocycles. The highest BCUT2D eigenvalue weighted by molar-refractivity contribution is 5.77. The molecule has 0 saturated heterocycles. The summed E-state index contributed by atoms with van der Waals surface area (Å²) in [4.78, 5) is 3.74. The SMILES string of the molecule is CN=C(N)NCC1CCC(F)(F)CC1. The van der Waals surface area contributed by atoms with Crippen LogP contribution >= 0.6 is 0 Å². The van der Waals surface area contributed by atoms with Crippen LogP contribution < -0.4 is 11.1 Å². The van der Waals surface area contributed by atoms with Gasteiger partial charge in [-0.25, -0.2) is 8.78 Å². The van der Waals surface area contributed by atoms with Gasteiger partial charge in [0.25, 0.3) is 0 Å². The summed E-state index contributed by atoms with van der Waals surface area (Å²) in [5.74, 6) is -1.77. The average Bonchev–Trinajstić information content (AvgIpc) is 2.16. The number of hydrogen-bond donors (Lipinski definition) is 2. The molecule has 14 heavy (non-hydrogen) atoms. The van der Waals surface area contributed by atoms with E-state index in [1.54, 1.807) is 7.05 Å². The summed E-state index contributed by atoms with van der Waals surface area (Å²) in [5.41, 5.74) is 5.43. The van der Waals surface area contributed by atoms with E-state index >= 15 is 0 Å². The minimum absolute atomic E-state index is 0.00250. The monoisotopic (exact) mass is 205 g/mol. The Labute approximate surface area is 82.8 Å². The van der Waals surface area contributed by atoms with E-state index in [1.165, 1.54) is 0 Å². The highest BCUT2D eigenvalue weighted by Crippen LogP contribution is 2.35. The summed E-state index contributed by atoms with van der Waals surface area (Å²) < 4.78 is 25.5. The third kappa shape index (κ3) is 3.47. The molecule has 0 spiro atoms. The minimum Gasteiger partial charge on any atom is -0.370 e. The highest BCUT2D eigenvalue weighted by Gasteiger charge is 2.34. The van der Waals surface area contributed by atoms with Crippen molar-refractivity contribution >= 4 is 5.96 Å². The number of nitrogens with one attached hydrogen (secondary N) is 1. The summed E-state index contributed by atoms with van der Waals surface area (Å²) in [7, 11) is 1.59. The fraction of sp³-hybridized carbons (Fsp3) is 0.889. The van der Waals surface area contributed by atoms with Crippen molar-refractivity contribution in [3.05, 3.63) is 0 Å². The summed E-state index contributed by atoms with van der Waals surface area (Å²) in [5, 5.41) is 2.91. The maximum Gasteiger partial charge on any atom is 0.248 e. The Kier molecular flexibility index (Phi) is 3.66. The summed E-state index contributed by atoms with van der Waals surface area (Å²) in [6.45, 7) is 0.652. The molecule has 0 radical (unpaired) electrons. The van der Waals surface area contributed by atoms with Gasteiger partial charge in [0.05, 0.1) is 0 Å². The van der Waals surface area contributed by atoms with Gasteiger partial charge in [-0.05, 0) is 18.8 Å². The Balaban J connectivity index is 2.23. The van der Waals surface area contributed by atoms with Gasteiger partial charge in [0.2, 0.25) is 5.92 Å². The molecule has 1 aliphatic carbocycles. The minimum atomic E-state index is -2.44. The smallest absolute Gasteiger partial charge is 0.248 e.